The predicted octanol–water partition coefficient (Wildman–Crippen LogP) is 1.79. The van der Waals surface area contributed by atoms with Gasteiger partial charge in [-0.3, -0.25) is 4.72 Å². The summed E-state index contributed by atoms with van der Waals surface area (Å²) in [4.78, 5) is 0. The molecule has 0 saturated heterocycles. The van der Waals surface area contributed by atoms with Crippen LogP contribution >= 0.6 is 0 Å². The topological polar surface area (TPSA) is 61.4 Å². The lowest BCUT2D eigenvalue weighted by atomic mass is 10.2. The number of unbranched alkanes of at least 4 members (excludes halogenated alkanes) is 1. The van der Waals surface area contributed by atoms with Crippen LogP contribution in [0.25, 0.3) is 0 Å². The van der Waals surface area contributed by atoms with Crippen molar-refractivity contribution < 1.29 is 8.42 Å². The lowest BCUT2D eigenvalue weighted by Crippen LogP contribution is -2.33. The summed E-state index contributed by atoms with van der Waals surface area (Å²) >= 11 is 0. The van der Waals surface area contributed by atoms with Crippen LogP contribution in [0.3, 0.4) is 0 Å². The Bertz CT molecular complexity index is 488. The fourth-order valence-corrected chi connectivity index (χ4v) is 2.63. The second kappa shape index (κ2) is 7.47. The summed E-state index contributed by atoms with van der Waals surface area (Å²) in [6, 6.07) is 7.39. The molecule has 19 heavy (non-hydrogen) atoms. The minimum atomic E-state index is -3.45. The Kier molecular flexibility index (Phi) is 6.27. The van der Waals surface area contributed by atoms with E-state index in [1.807, 2.05) is 32.2 Å². The van der Waals surface area contributed by atoms with Gasteiger partial charge in [-0.05, 0) is 31.2 Å². The maximum atomic E-state index is 12.1. The molecule has 0 unspecified atom stereocenters. The molecule has 1 aromatic rings. The van der Waals surface area contributed by atoms with Crippen molar-refractivity contribution in [1.82, 2.24) is 9.62 Å². The zero-order valence-corrected chi connectivity index (χ0v) is 12.6. The summed E-state index contributed by atoms with van der Waals surface area (Å²) < 4.78 is 28.1. The van der Waals surface area contributed by atoms with Crippen LogP contribution in [0.2, 0.25) is 0 Å². The van der Waals surface area contributed by atoms with E-state index in [9.17, 15) is 8.42 Å². The lowest BCUT2D eigenvalue weighted by molar-refractivity contribution is 0.463. The molecule has 1 rings (SSSR count). The Hall–Kier alpha value is -1.11. The van der Waals surface area contributed by atoms with Gasteiger partial charge < -0.3 is 5.32 Å². The zero-order valence-electron chi connectivity index (χ0n) is 11.8. The van der Waals surface area contributed by atoms with E-state index in [4.69, 9.17) is 0 Å². The van der Waals surface area contributed by atoms with Crippen molar-refractivity contribution in [1.29, 1.82) is 0 Å². The van der Waals surface area contributed by atoms with Crippen LogP contribution in [0, 0.1) is 0 Å². The monoisotopic (exact) mass is 285 g/mol. The number of benzene rings is 1. The van der Waals surface area contributed by atoms with Crippen LogP contribution in [-0.2, 0) is 16.8 Å². The van der Waals surface area contributed by atoms with E-state index < -0.39 is 10.2 Å². The fourth-order valence-electron chi connectivity index (χ4n) is 1.68. The Morgan fingerprint density at radius 2 is 2.05 bits per heavy atom. The summed E-state index contributed by atoms with van der Waals surface area (Å²) in [5, 5.41) is 3.04. The van der Waals surface area contributed by atoms with Gasteiger partial charge in [-0.15, -0.1) is 0 Å². The molecule has 0 aliphatic carbocycles. The average molecular weight is 285 g/mol. The first-order valence-corrected chi connectivity index (χ1v) is 7.91. The van der Waals surface area contributed by atoms with Gasteiger partial charge in [0, 0.05) is 20.1 Å². The van der Waals surface area contributed by atoms with Crippen molar-refractivity contribution in [3.63, 3.8) is 0 Å². The molecule has 0 atom stereocenters. The largest absolute Gasteiger partial charge is 0.316 e. The van der Waals surface area contributed by atoms with Crippen LogP contribution in [0.5, 0.6) is 0 Å². The maximum Gasteiger partial charge on any atom is 0.301 e. The van der Waals surface area contributed by atoms with Crippen LogP contribution in [-0.4, -0.2) is 33.4 Å². The second-order valence-corrected chi connectivity index (χ2v) is 6.29. The third-order valence-corrected chi connectivity index (χ3v) is 4.29. The predicted molar refractivity (Wildman–Crippen MR) is 79.3 cm³/mol. The number of hydrogen-bond donors (Lipinski definition) is 2. The molecule has 5 nitrogen and oxygen atoms in total. The van der Waals surface area contributed by atoms with E-state index in [0.717, 1.165) is 18.4 Å². The first kappa shape index (κ1) is 15.9. The Balaban J connectivity index is 2.74. The molecule has 0 bridgehead atoms. The zero-order chi connectivity index (χ0) is 14.3. The van der Waals surface area contributed by atoms with Crippen LogP contribution in [0.4, 0.5) is 5.69 Å². The summed E-state index contributed by atoms with van der Waals surface area (Å²) in [6.45, 7) is 3.28. The van der Waals surface area contributed by atoms with Crippen molar-refractivity contribution in [3.05, 3.63) is 29.8 Å². The van der Waals surface area contributed by atoms with Crippen LogP contribution in [0.1, 0.15) is 25.3 Å². The molecule has 6 heteroatoms. The molecular weight excluding hydrogens is 262 g/mol. The van der Waals surface area contributed by atoms with E-state index >= 15 is 0 Å². The molecule has 0 spiro atoms. The Labute approximate surface area is 116 Å². The number of rotatable bonds is 8. The van der Waals surface area contributed by atoms with Crippen molar-refractivity contribution in [2.75, 3.05) is 25.4 Å². The van der Waals surface area contributed by atoms with Crippen molar-refractivity contribution in [2.24, 2.45) is 0 Å². The molecule has 108 valence electrons. The van der Waals surface area contributed by atoms with E-state index in [-0.39, 0.29) is 0 Å². The Morgan fingerprint density at radius 1 is 1.32 bits per heavy atom. The number of nitrogens with one attached hydrogen (secondary N) is 2. The van der Waals surface area contributed by atoms with Crippen LogP contribution < -0.4 is 10.0 Å². The summed E-state index contributed by atoms with van der Waals surface area (Å²) in [5.74, 6) is 0. The first-order chi connectivity index (χ1) is 8.99. The smallest absolute Gasteiger partial charge is 0.301 e. The minimum Gasteiger partial charge on any atom is -0.316 e. The second-order valence-electron chi connectivity index (χ2n) is 4.51. The molecule has 0 fully saturated rings. The molecule has 1 aromatic carbocycles. The van der Waals surface area contributed by atoms with Gasteiger partial charge in [0.05, 0.1) is 5.69 Å². The molecule has 0 aliphatic rings. The molecule has 0 heterocycles. The molecule has 0 aliphatic heterocycles. The van der Waals surface area contributed by atoms with Gasteiger partial charge in [0.15, 0.2) is 0 Å². The van der Waals surface area contributed by atoms with Gasteiger partial charge >= 0.3 is 10.2 Å². The van der Waals surface area contributed by atoms with Gasteiger partial charge in [-0.1, -0.05) is 25.5 Å². The van der Waals surface area contributed by atoms with Gasteiger partial charge in [0.25, 0.3) is 0 Å². The van der Waals surface area contributed by atoms with Gasteiger partial charge in [-0.25, -0.2) is 0 Å². The van der Waals surface area contributed by atoms with E-state index in [2.05, 4.69) is 10.0 Å². The molecule has 0 aromatic heterocycles. The highest BCUT2D eigenvalue weighted by Crippen LogP contribution is 2.13. The van der Waals surface area contributed by atoms with Gasteiger partial charge in [0.1, 0.15) is 0 Å². The number of anilines is 1. The first-order valence-electron chi connectivity index (χ1n) is 6.47. The average Bonchev–Trinajstić information content (AvgIpc) is 2.36. The van der Waals surface area contributed by atoms with E-state index in [1.54, 1.807) is 13.1 Å². The summed E-state index contributed by atoms with van der Waals surface area (Å²) in [5.41, 5.74) is 1.63. The lowest BCUT2D eigenvalue weighted by Gasteiger charge is -2.18. The molecule has 0 amide bonds. The highest BCUT2D eigenvalue weighted by molar-refractivity contribution is 7.90. The normalized spacial score (nSPS) is 11.8. The third kappa shape index (κ3) is 5.18. The highest BCUT2D eigenvalue weighted by atomic mass is 32.2. The highest BCUT2D eigenvalue weighted by Gasteiger charge is 2.16. The minimum absolute atomic E-state index is 0.530. The van der Waals surface area contributed by atoms with E-state index in [1.165, 1.54) is 4.31 Å². The third-order valence-electron chi connectivity index (χ3n) is 2.79. The van der Waals surface area contributed by atoms with Crippen molar-refractivity contribution >= 4 is 15.9 Å². The quantitative estimate of drug-likeness (QED) is 0.765. The summed E-state index contributed by atoms with van der Waals surface area (Å²) in [6.07, 6.45) is 1.83. The number of hydrogen-bond acceptors (Lipinski definition) is 3. The summed E-state index contributed by atoms with van der Waals surface area (Å²) in [7, 11) is -0.00514. The van der Waals surface area contributed by atoms with Gasteiger partial charge in [-0.2, -0.15) is 12.7 Å². The van der Waals surface area contributed by atoms with Crippen molar-refractivity contribution in [3.8, 4) is 0 Å². The van der Waals surface area contributed by atoms with Gasteiger partial charge in [0.2, 0.25) is 0 Å². The van der Waals surface area contributed by atoms with Crippen molar-refractivity contribution in [2.45, 2.75) is 26.3 Å². The molecule has 2 N–H and O–H groups in total. The number of nitrogens with zero attached hydrogens (tertiary/aromatic N) is 1. The Morgan fingerprint density at radius 3 is 2.68 bits per heavy atom. The molecule has 0 radical (unpaired) electrons. The maximum absolute atomic E-state index is 12.1. The van der Waals surface area contributed by atoms with Crippen LogP contribution in [0.15, 0.2) is 24.3 Å². The molecular formula is C13H23N3O2S. The van der Waals surface area contributed by atoms with E-state index in [0.29, 0.717) is 18.8 Å². The molecule has 0 saturated carbocycles. The SMILES string of the molecule is CCCCN(C)S(=O)(=O)Nc1cccc(CNC)c1. The fraction of sp³-hybridized carbons (Fsp3) is 0.538. The standard InChI is InChI=1S/C13H23N3O2S/c1-4-5-9-16(3)19(17,18)15-13-8-6-7-12(10-13)11-14-2/h6-8,10,14-15H,4-5,9,11H2,1-3H3.